The van der Waals surface area contributed by atoms with E-state index in [9.17, 15) is 0 Å². The number of nitrogens with two attached hydrogens (primary N) is 1. The molecule has 0 aliphatic rings. The van der Waals surface area contributed by atoms with E-state index in [0.29, 0.717) is 5.92 Å². The normalized spacial score (nSPS) is 10.8. The van der Waals surface area contributed by atoms with Crippen LogP contribution in [0.5, 0.6) is 0 Å². The summed E-state index contributed by atoms with van der Waals surface area (Å²) in [4.78, 5) is 0. The Morgan fingerprint density at radius 1 is 1.00 bits per heavy atom. The Morgan fingerprint density at radius 2 is 1.65 bits per heavy atom. The summed E-state index contributed by atoms with van der Waals surface area (Å²) in [7, 11) is 0. The van der Waals surface area contributed by atoms with E-state index in [1.54, 1.807) is 0 Å². The molecular formula is C15H16ClN. The van der Waals surface area contributed by atoms with E-state index in [1.165, 1.54) is 16.7 Å². The molecule has 0 aliphatic carbocycles. The zero-order valence-electron chi connectivity index (χ0n) is 10.1. The van der Waals surface area contributed by atoms with Crippen molar-refractivity contribution in [3.63, 3.8) is 0 Å². The number of rotatable bonds is 2. The Bertz CT molecular complexity index is 515. The zero-order chi connectivity index (χ0) is 12.4. The molecule has 0 saturated carbocycles. The highest BCUT2D eigenvalue weighted by atomic mass is 35.5. The molecule has 2 rings (SSSR count). The van der Waals surface area contributed by atoms with Gasteiger partial charge in [-0.15, -0.1) is 0 Å². The molecule has 0 fully saturated rings. The van der Waals surface area contributed by atoms with Gasteiger partial charge in [0.2, 0.25) is 0 Å². The summed E-state index contributed by atoms with van der Waals surface area (Å²) in [6, 6.07) is 14.0. The van der Waals surface area contributed by atoms with E-state index in [-0.39, 0.29) is 0 Å². The summed E-state index contributed by atoms with van der Waals surface area (Å²) < 4.78 is 0. The first-order valence-corrected chi connectivity index (χ1v) is 6.11. The molecule has 0 spiro atoms. The summed E-state index contributed by atoms with van der Waals surface area (Å²) >= 11 is 5.91. The van der Waals surface area contributed by atoms with Crippen molar-refractivity contribution in [2.45, 2.75) is 19.8 Å². The molecule has 0 aliphatic heterocycles. The molecule has 0 amide bonds. The third-order valence-electron chi connectivity index (χ3n) is 2.85. The van der Waals surface area contributed by atoms with Gasteiger partial charge in [-0.1, -0.05) is 43.6 Å². The second-order valence-electron chi connectivity index (χ2n) is 4.51. The Hall–Kier alpha value is -1.47. The fourth-order valence-corrected chi connectivity index (χ4v) is 2.08. The average molecular weight is 246 g/mol. The number of nitrogen functional groups attached to an aromatic ring is 1. The van der Waals surface area contributed by atoms with Crippen molar-refractivity contribution < 1.29 is 0 Å². The standard InChI is InChI=1S/C15H16ClN/c1-10(2)15-9-13(17)7-8-14(15)11-3-5-12(16)6-4-11/h3-10H,17H2,1-2H3. The summed E-state index contributed by atoms with van der Waals surface area (Å²) in [6.07, 6.45) is 0. The summed E-state index contributed by atoms with van der Waals surface area (Å²) in [5, 5.41) is 0.760. The maximum Gasteiger partial charge on any atom is 0.0406 e. The lowest BCUT2D eigenvalue weighted by Gasteiger charge is -2.14. The van der Waals surface area contributed by atoms with Gasteiger partial charge in [0.1, 0.15) is 0 Å². The van der Waals surface area contributed by atoms with E-state index in [0.717, 1.165) is 10.7 Å². The largest absolute Gasteiger partial charge is 0.399 e. The van der Waals surface area contributed by atoms with Gasteiger partial charge in [0.05, 0.1) is 0 Å². The van der Waals surface area contributed by atoms with Crippen molar-refractivity contribution in [1.29, 1.82) is 0 Å². The van der Waals surface area contributed by atoms with Gasteiger partial charge in [0.25, 0.3) is 0 Å². The van der Waals surface area contributed by atoms with Crippen molar-refractivity contribution in [2.24, 2.45) is 0 Å². The average Bonchev–Trinajstić information content (AvgIpc) is 2.30. The number of hydrogen-bond donors (Lipinski definition) is 1. The van der Waals surface area contributed by atoms with E-state index < -0.39 is 0 Å². The lowest BCUT2D eigenvalue weighted by molar-refractivity contribution is 0.869. The Labute approximate surface area is 107 Å². The van der Waals surface area contributed by atoms with Crippen LogP contribution < -0.4 is 5.73 Å². The van der Waals surface area contributed by atoms with Crippen molar-refractivity contribution in [1.82, 2.24) is 0 Å². The maximum absolute atomic E-state index is 5.91. The summed E-state index contributed by atoms with van der Waals surface area (Å²) in [6.45, 7) is 4.35. The number of hydrogen-bond acceptors (Lipinski definition) is 1. The fourth-order valence-electron chi connectivity index (χ4n) is 1.95. The molecule has 88 valence electrons. The molecule has 2 N–H and O–H groups in total. The van der Waals surface area contributed by atoms with Gasteiger partial charge in [-0.3, -0.25) is 0 Å². The van der Waals surface area contributed by atoms with Crippen LogP contribution in [0, 0.1) is 0 Å². The van der Waals surface area contributed by atoms with Crippen LogP contribution in [-0.4, -0.2) is 0 Å². The molecule has 0 atom stereocenters. The molecule has 0 saturated heterocycles. The fraction of sp³-hybridized carbons (Fsp3) is 0.200. The minimum absolute atomic E-state index is 0.448. The van der Waals surface area contributed by atoms with Crippen molar-refractivity contribution in [2.75, 3.05) is 5.73 Å². The molecule has 0 aromatic heterocycles. The van der Waals surface area contributed by atoms with Crippen LogP contribution >= 0.6 is 11.6 Å². The van der Waals surface area contributed by atoms with Crippen LogP contribution in [0.15, 0.2) is 42.5 Å². The molecule has 2 heteroatoms. The van der Waals surface area contributed by atoms with Crippen molar-refractivity contribution >= 4 is 17.3 Å². The van der Waals surface area contributed by atoms with Crippen LogP contribution in [0.2, 0.25) is 5.02 Å². The molecular weight excluding hydrogens is 230 g/mol. The van der Waals surface area contributed by atoms with Gasteiger partial charge >= 0.3 is 0 Å². The van der Waals surface area contributed by atoms with E-state index in [2.05, 4.69) is 26.0 Å². The molecule has 2 aromatic rings. The van der Waals surface area contributed by atoms with E-state index >= 15 is 0 Å². The van der Waals surface area contributed by atoms with Gasteiger partial charge in [0.15, 0.2) is 0 Å². The third-order valence-corrected chi connectivity index (χ3v) is 3.10. The van der Waals surface area contributed by atoms with E-state index in [4.69, 9.17) is 17.3 Å². The van der Waals surface area contributed by atoms with Crippen LogP contribution in [-0.2, 0) is 0 Å². The monoisotopic (exact) mass is 245 g/mol. The molecule has 2 aromatic carbocycles. The van der Waals surface area contributed by atoms with Gasteiger partial charge < -0.3 is 5.73 Å². The first kappa shape index (κ1) is 12.0. The number of halogens is 1. The molecule has 1 nitrogen and oxygen atoms in total. The molecule has 17 heavy (non-hydrogen) atoms. The first-order chi connectivity index (χ1) is 8.08. The quantitative estimate of drug-likeness (QED) is 0.762. The van der Waals surface area contributed by atoms with Crippen LogP contribution in [0.4, 0.5) is 5.69 Å². The first-order valence-electron chi connectivity index (χ1n) is 5.73. The van der Waals surface area contributed by atoms with Gasteiger partial charge in [-0.2, -0.15) is 0 Å². The smallest absolute Gasteiger partial charge is 0.0406 e. The Balaban J connectivity index is 2.54. The van der Waals surface area contributed by atoms with Gasteiger partial charge in [-0.05, 0) is 46.9 Å². The number of benzene rings is 2. The lowest BCUT2D eigenvalue weighted by Crippen LogP contribution is -1.95. The third kappa shape index (κ3) is 2.62. The Kier molecular flexibility index (Phi) is 3.39. The van der Waals surface area contributed by atoms with Crippen molar-refractivity contribution in [3.05, 3.63) is 53.1 Å². The Morgan fingerprint density at radius 3 is 2.24 bits per heavy atom. The van der Waals surface area contributed by atoms with Crippen LogP contribution in [0.1, 0.15) is 25.3 Å². The van der Waals surface area contributed by atoms with Crippen LogP contribution in [0.25, 0.3) is 11.1 Å². The topological polar surface area (TPSA) is 26.0 Å². The number of anilines is 1. The highest BCUT2D eigenvalue weighted by molar-refractivity contribution is 6.30. The SMILES string of the molecule is CC(C)c1cc(N)ccc1-c1ccc(Cl)cc1. The predicted molar refractivity (Wildman–Crippen MR) is 75.4 cm³/mol. The predicted octanol–water partition coefficient (Wildman–Crippen LogP) is 4.71. The van der Waals surface area contributed by atoms with Crippen LogP contribution in [0.3, 0.4) is 0 Å². The van der Waals surface area contributed by atoms with E-state index in [1.807, 2.05) is 30.3 Å². The van der Waals surface area contributed by atoms with Gasteiger partial charge in [0, 0.05) is 10.7 Å². The maximum atomic E-state index is 5.91. The molecule has 0 radical (unpaired) electrons. The zero-order valence-corrected chi connectivity index (χ0v) is 10.8. The lowest BCUT2D eigenvalue weighted by atomic mass is 9.92. The molecule has 0 unspecified atom stereocenters. The highest BCUT2D eigenvalue weighted by Crippen LogP contribution is 2.31. The second-order valence-corrected chi connectivity index (χ2v) is 4.94. The highest BCUT2D eigenvalue weighted by Gasteiger charge is 2.08. The minimum atomic E-state index is 0.448. The van der Waals surface area contributed by atoms with Gasteiger partial charge in [-0.25, -0.2) is 0 Å². The second kappa shape index (κ2) is 4.80. The summed E-state index contributed by atoms with van der Waals surface area (Å²) in [5.74, 6) is 0.448. The minimum Gasteiger partial charge on any atom is -0.399 e. The molecule has 0 heterocycles. The van der Waals surface area contributed by atoms with Crippen molar-refractivity contribution in [3.8, 4) is 11.1 Å². The molecule has 0 bridgehead atoms. The summed E-state index contributed by atoms with van der Waals surface area (Å²) in [5.41, 5.74) is 10.3.